The Morgan fingerprint density at radius 2 is 1.38 bits per heavy atom. The van der Waals surface area contributed by atoms with E-state index in [-0.39, 0.29) is 0 Å². The van der Waals surface area contributed by atoms with Gasteiger partial charge < -0.3 is 9.62 Å². The monoisotopic (exact) mass is 679 g/mol. The van der Waals surface area contributed by atoms with Gasteiger partial charge in [-0.05, 0) is 154 Å². The van der Waals surface area contributed by atoms with E-state index in [0.717, 1.165) is 65.6 Å². The first-order valence-corrected chi connectivity index (χ1v) is 20.4. The summed E-state index contributed by atoms with van der Waals surface area (Å²) in [4.78, 5) is 12.9. The lowest BCUT2D eigenvalue weighted by Gasteiger charge is -2.51. The van der Waals surface area contributed by atoms with Gasteiger partial charge in [0.1, 0.15) is 17.1 Å². The van der Waals surface area contributed by atoms with Crippen molar-refractivity contribution < 1.29 is 14.5 Å². The van der Waals surface area contributed by atoms with Crippen molar-refractivity contribution in [3.8, 4) is 17.2 Å². The fourth-order valence-corrected chi connectivity index (χ4v) is 10.8. The minimum absolute atomic E-state index is 0.489. The average Bonchev–Trinajstić information content (AvgIpc) is 3.45. The molecule has 0 heterocycles. The molecule has 3 fully saturated rings. The first-order chi connectivity index (χ1) is 24.1. The van der Waals surface area contributed by atoms with Gasteiger partial charge in [0.05, 0.1) is 0 Å². The number of ether oxygens (including phenoxy) is 1. The number of fused-ring (bicyclic) bond motifs is 1. The van der Waals surface area contributed by atoms with Crippen LogP contribution >= 0.6 is 0 Å². The van der Waals surface area contributed by atoms with Crippen molar-refractivity contribution >= 4 is 0 Å². The zero-order valence-electron chi connectivity index (χ0n) is 32.4. The number of rotatable bonds is 14. The predicted octanol–water partition coefficient (Wildman–Crippen LogP) is 13.8. The van der Waals surface area contributed by atoms with Crippen LogP contribution in [-0.4, -0.2) is 0 Å². The quantitative estimate of drug-likeness (QED) is 0.125. The molecule has 6 rings (SSSR count). The number of hydrogen-bond acceptors (Lipinski definition) is 3. The molecule has 0 saturated heterocycles. The molecule has 3 saturated carbocycles. The van der Waals surface area contributed by atoms with Gasteiger partial charge in [-0.1, -0.05) is 114 Å². The van der Waals surface area contributed by atoms with Crippen molar-refractivity contribution in [2.45, 2.75) is 138 Å². The van der Waals surface area contributed by atoms with Gasteiger partial charge in [0.25, 0.3) is 0 Å². The molecular weight excluding hydrogens is 613 g/mol. The van der Waals surface area contributed by atoms with Gasteiger partial charge in [-0.25, -0.2) is 0 Å². The maximum absolute atomic E-state index is 6.70. The molecule has 0 radical (unpaired) electrons. The lowest BCUT2D eigenvalue weighted by molar-refractivity contribution is -0.315. The third-order valence-electron chi connectivity index (χ3n) is 13.7. The molecule has 0 spiro atoms. The van der Waals surface area contributed by atoms with Crippen LogP contribution in [0.25, 0.3) is 0 Å². The molecule has 3 aliphatic carbocycles. The summed E-state index contributed by atoms with van der Waals surface area (Å²) >= 11 is 0. The molecule has 0 amide bonds. The van der Waals surface area contributed by atoms with E-state index >= 15 is 0 Å². The summed E-state index contributed by atoms with van der Waals surface area (Å²) in [5.41, 5.74) is 3.70. The molecule has 8 atom stereocenters. The largest absolute Gasteiger partial charge is 0.457 e. The summed E-state index contributed by atoms with van der Waals surface area (Å²) in [6.07, 6.45) is 17.0. The Kier molecular flexibility index (Phi) is 12.0. The molecule has 3 heteroatoms. The fraction of sp³-hybridized carbons (Fsp3) is 0.617. The molecule has 3 aliphatic rings. The Hall–Kier alpha value is -2.78. The van der Waals surface area contributed by atoms with Gasteiger partial charge in [-0.3, -0.25) is 0 Å². The second-order valence-corrected chi connectivity index (χ2v) is 17.6. The predicted molar refractivity (Wildman–Crippen MR) is 208 cm³/mol. The summed E-state index contributed by atoms with van der Waals surface area (Å²) < 4.78 is 6.23. The van der Waals surface area contributed by atoms with Crippen LogP contribution in [0.2, 0.25) is 0 Å². The summed E-state index contributed by atoms with van der Waals surface area (Å²) in [5.74, 6) is 8.20. The summed E-state index contributed by atoms with van der Waals surface area (Å²) in [6, 6.07) is 25.1. The van der Waals surface area contributed by atoms with Crippen LogP contribution in [-0.2, 0) is 10.5 Å². The first-order valence-electron chi connectivity index (χ1n) is 20.4. The Balaban J connectivity index is 1.18. The Labute approximate surface area is 304 Å². The maximum Gasteiger partial charge on any atom is 0.165 e. The van der Waals surface area contributed by atoms with Crippen molar-refractivity contribution in [1.29, 1.82) is 0 Å². The molecule has 272 valence electrons. The Morgan fingerprint density at radius 3 is 2.02 bits per heavy atom. The van der Waals surface area contributed by atoms with E-state index in [0.29, 0.717) is 11.3 Å². The zero-order valence-corrected chi connectivity index (χ0v) is 32.4. The van der Waals surface area contributed by atoms with Crippen LogP contribution in [0.1, 0.15) is 135 Å². The summed E-state index contributed by atoms with van der Waals surface area (Å²) in [5, 5.41) is 0. The van der Waals surface area contributed by atoms with Gasteiger partial charge in [0, 0.05) is 0 Å². The molecule has 0 aliphatic heterocycles. The molecule has 8 unspecified atom stereocenters. The highest BCUT2D eigenvalue weighted by Gasteiger charge is 2.53. The Morgan fingerprint density at radius 1 is 0.740 bits per heavy atom. The summed E-state index contributed by atoms with van der Waals surface area (Å²) in [6.45, 7) is 16.6. The van der Waals surface area contributed by atoms with E-state index in [1.54, 1.807) is 0 Å². The molecule has 0 bridgehead atoms. The van der Waals surface area contributed by atoms with Crippen LogP contribution in [0, 0.1) is 60.7 Å². The van der Waals surface area contributed by atoms with E-state index in [1.165, 1.54) is 87.3 Å². The van der Waals surface area contributed by atoms with E-state index in [1.807, 2.05) is 24.3 Å². The summed E-state index contributed by atoms with van der Waals surface area (Å²) in [7, 11) is 0. The van der Waals surface area contributed by atoms with Gasteiger partial charge in [0.2, 0.25) is 0 Å². The van der Waals surface area contributed by atoms with Crippen LogP contribution in [0.5, 0.6) is 17.2 Å². The lowest BCUT2D eigenvalue weighted by Crippen LogP contribution is -2.45. The third-order valence-corrected chi connectivity index (χ3v) is 13.7. The molecule has 0 aromatic heterocycles. The first kappa shape index (κ1) is 37.0. The smallest absolute Gasteiger partial charge is 0.165 e. The van der Waals surface area contributed by atoms with Crippen molar-refractivity contribution in [2.24, 2.45) is 46.8 Å². The number of aryl methyl sites for hydroxylation is 2. The number of benzene rings is 3. The minimum Gasteiger partial charge on any atom is -0.457 e. The van der Waals surface area contributed by atoms with Crippen LogP contribution in [0.3, 0.4) is 0 Å². The third kappa shape index (κ3) is 8.46. The minimum atomic E-state index is -0.489. The molecule has 3 aromatic carbocycles. The van der Waals surface area contributed by atoms with Crippen LogP contribution < -0.4 is 9.62 Å². The molecular formula is C47H66O3. The van der Waals surface area contributed by atoms with Crippen LogP contribution in [0.15, 0.2) is 72.8 Å². The van der Waals surface area contributed by atoms with Gasteiger partial charge in [-0.15, -0.1) is 0 Å². The van der Waals surface area contributed by atoms with Gasteiger partial charge >= 0.3 is 0 Å². The van der Waals surface area contributed by atoms with Crippen LogP contribution in [0.4, 0.5) is 0 Å². The topological polar surface area (TPSA) is 27.7 Å². The molecule has 50 heavy (non-hydrogen) atoms. The second-order valence-electron chi connectivity index (χ2n) is 17.6. The van der Waals surface area contributed by atoms with Crippen molar-refractivity contribution in [3.63, 3.8) is 0 Å². The molecule has 3 aromatic rings. The van der Waals surface area contributed by atoms with E-state index in [9.17, 15) is 0 Å². The fourth-order valence-electron chi connectivity index (χ4n) is 10.8. The Bertz CT molecular complexity index is 1480. The molecule has 0 N–H and O–H groups in total. The van der Waals surface area contributed by atoms with E-state index in [2.05, 4.69) is 97.0 Å². The SMILES string of the molecule is CCCC1CC(OOc2ccc(C)cc2)(c2ccc(Oc3ccc(C)cc3)cc2)CCC1C1CCC2(C)C(CCC2C(C)CCCC(C)C)C1. The van der Waals surface area contributed by atoms with E-state index < -0.39 is 5.60 Å². The molecule has 3 nitrogen and oxygen atoms in total. The second kappa shape index (κ2) is 16.3. The average molecular weight is 679 g/mol. The zero-order chi connectivity index (χ0) is 35.3. The van der Waals surface area contributed by atoms with Crippen molar-refractivity contribution in [2.75, 3.05) is 0 Å². The highest BCUT2D eigenvalue weighted by atomic mass is 17.2. The van der Waals surface area contributed by atoms with Crippen molar-refractivity contribution in [3.05, 3.63) is 89.5 Å². The van der Waals surface area contributed by atoms with Gasteiger partial charge in [0.15, 0.2) is 5.75 Å². The standard InChI is InChI=1S/C47H66O3/c1-8-10-38-32-47(50-49-43-22-15-35(5)16-23-43,39-17-24-42(25-18-39)48-41-20-13-34(4)14-21-41)30-28-44(38)37-27-29-46(7)40(31-37)19-26-45(46)36(6)12-9-11-33(2)3/h13-18,20-25,33,36-38,40,44-45H,8-12,19,26-32H2,1-7H3. The lowest BCUT2D eigenvalue weighted by atomic mass is 9.55. The highest BCUT2D eigenvalue weighted by Crippen LogP contribution is 2.62. The maximum atomic E-state index is 6.70. The normalized spacial score (nSPS) is 30.2. The van der Waals surface area contributed by atoms with Crippen molar-refractivity contribution in [1.82, 2.24) is 0 Å². The van der Waals surface area contributed by atoms with E-state index in [4.69, 9.17) is 14.5 Å². The van der Waals surface area contributed by atoms with Gasteiger partial charge in [-0.2, -0.15) is 4.89 Å². The highest BCUT2D eigenvalue weighted by molar-refractivity contribution is 5.36. The number of hydrogen-bond donors (Lipinski definition) is 0.